The molecule has 4 unspecified atom stereocenters. The Hall–Kier alpha value is -0.330. The highest BCUT2D eigenvalue weighted by Gasteiger charge is 2.39. The molecular formula is C14H25F3N2O. The van der Waals surface area contributed by atoms with E-state index >= 15 is 0 Å². The Morgan fingerprint density at radius 2 is 1.65 bits per heavy atom. The van der Waals surface area contributed by atoms with Crippen LogP contribution in [0.1, 0.15) is 26.7 Å². The third-order valence-corrected chi connectivity index (χ3v) is 4.63. The molecule has 3 nitrogen and oxygen atoms in total. The first-order valence-electron chi connectivity index (χ1n) is 7.47. The Bertz CT molecular complexity index is 304. The van der Waals surface area contributed by atoms with Crippen LogP contribution in [0.25, 0.3) is 0 Å². The van der Waals surface area contributed by atoms with Crippen LogP contribution in [0.2, 0.25) is 0 Å². The van der Waals surface area contributed by atoms with E-state index in [-0.39, 0.29) is 12.1 Å². The molecule has 1 aliphatic heterocycles. The van der Waals surface area contributed by atoms with Crippen LogP contribution in [0.4, 0.5) is 13.2 Å². The molecular weight excluding hydrogens is 269 g/mol. The zero-order valence-electron chi connectivity index (χ0n) is 12.2. The molecule has 1 aliphatic carbocycles. The lowest BCUT2D eigenvalue weighted by Crippen LogP contribution is -2.58. The third kappa shape index (κ3) is 4.09. The molecule has 0 aromatic rings. The zero-order chi connectivity index (χ0) is 14.9. The lowest BCUT2D eigenvalue weighted by molar-refractivity contribution is -0.151. The van der Waals surface area contributed by atoms with Gasteiger partial charge in [0.05, 0.1) is 12.6 Å². The number of hydrogen-bond acceptors (Lipinski definition) is 3. The lowest BCUT2D eigenvalue weighted by atomic mass is 9.77. The molecule has 0 aromatic carbocycles. The fraction of sp³-hybridized carbons (Fsp3) is 1.00. The minimum absolute atomic E-state index is 0.110. The first-order chi connectivity index (χ1) is 9.26. The van der Waals surface area contributed by atoms with E-state index in [1.54, 1.807) is 0 Å². The highest BCUT2D eigenvalue weighted by atomic mass is 19.4. The Morgan fingerprint density at radius 1 is 1.05 bits per heavy atom. The van der Waals surface area contributed by atoms with Gasteiger partial charge in [0.1, 0.15) is 0 Å². The molecule has 6 heteroatoms. The Balaban J connectivity index is 1.87. The summed E-state index contributed by atoms with van der Waals surface area (Å²) < 4.78 is 37.1. The monoisotopic (exact) mass is 294 g/mol. The molecule has 0 radical (unpaired) electrons. The molecule has 1 N–H and O–H groups in total. The smallest absolute Gasteiger partial charge is 0.391 e. The number of halogens is 3. The maximum atomic E-state index is 12.4. The normalized spacial score (nSPS) is 38.1. The minimum atomic E-state index is -4.12. The van der Waals surface area contributed by atoms with Crippen LogP contribution >= 0.6 is 0 Å². The second-order valence-corrected chi connectivity index (χ2v) is 6.54. The van der Waals surface area contributed by atoms with Crippen LogP contribution in [-0.2, 0) is 0 Å². The van der Waals surface area contributed by atoms with Gasteiger partial charge in [-0.25, -0.2) is 0 Å². The standard InChI is InChI=1S/C14H25F3N2O/c1-10-7-11(2)13(12(20)8-10)19-5-3-18(4-6-19)9-14(15,16)17/h10-13,20H,3-9H2,1-2H3. The second kappa shape index (κ2) is 6.20. The molecule has 1 heterocycles. The molecule has 0 amide bonds. The van der Waals surface area contributed by atoms with Crippen LogP contribution < -0.4 is 0 Å². The lowest BCUT2D eigenvalue weighted by Gasteiger charge is -2.46. The van der Waals surface area contributed by atoms with Gasteiger partial charge in [0.2, 0.25) is 0 Å². The summed E-state index contributed by atoms with van der Waals surface area (Å²) in [5, 5.41) is 10.3. The van der Waals surface area contributed by atoms with E-state index in [2.05, 4.69) is 18.7 Å². The Morgan fingerprint density at radius 3 is 2.15 bits per heavy atom. The summed E-state index contributed by atoms with van der Waals surface area (Å²) in [6, 6.07) is 0.110. The summed E-state index contributed by atoms with van der Waals surface area (Å²) in [7, 11) is 0. The van der Waals surface area contributed by atoms with E-state index in [1.807, 2.05) is 0 Å². The van der Waals surface area contributed by atoms with Crippen molar-refractivity contribution in [2.75, 3.05) is 32.7 Å². The van der Waals surface area contributed by atoms with Gasteiger partial charge >= 0.3 is 6.18 Å². The van der Waals surface area contributed by atoms with Crippen molar-refractivity contribution in [2.45, 2.75) is 45.0 Å². The summed E-state index contributed by atoms with van der Waals surface area (Å²) >= 11 is 0. The topological polar surface area (TPSA) is 26.7 Å². The Kier molecular flexibility index (Phi) is 4.97. The van der Waals surface area contributed by atoms with Crippen molar-refractivity contribution in [3.8, 4) is 0 Å². The second-order valence-electron chi connectivity index (χ2n) is 6.54. The molecule has 0 spiro atoms. The van der Waals surface area contributed by atoms with Crippen molar-refractivity contribution >= 4 is 0 Å². The van der Waals surface area contributed by atoms with Gasteiger partial charge in [-0.2, -0.15) is 13.2 Å². The summed E-state index contributed by atoms with van der Waals surface area (Å²) in [5.41, 5.74) is 0. The molecule has 2 fully saturated rings. The van der Waals surface area contributed by atoms with Gasteiger partial charge in [0, 0.05) is 32.2 Å². The first kappa shape index (κ1) is 16.0. The maximum Gasteiger partial charge on any atom is 0.401 e. The number of piperazine rings is 1. The van der Waals surface area contributed by atoms with Crippen LogP contribution in [0.15, 0.2) is 0 Å². The Labute approximate surface area is 118 Å². The van der Waals surface area contributed by atoms with Crippen LogP contribution in [0.5, 0.6) is 0 Å². The molecule has 2 aliphatic rings. The fourth-order valence-electron chi connectivity index (χ4n) is 3.88. The van der Waals surface area contributed by atoms with Gasteiger partial charge in [-0.3, -0.25) is 9.80 Å². The van der Waals surface area contributed by atoms with Crippen LogP contribution in [0.3, 0.4) is 0 Å². The average Bonchev–Trinajstić information content (AvgIpc) is 2.28. The largest absolute Gasteiger partial charge is 0.401 e. The number of hydrogen-bond donors (Lipinski definition) is 1. The quantitative estimate of drug-likeness (QED) is 0.843. The van der Waals surface area contributed by atoms with Crippen molar-refractivity contribution in [2.24, 2.45) is 11.8 Å². The fourth-order valence-corrected chi connectivity index (χ4v) is 3.88. The van der Waals surface area contributed by atoms with Gasteiger partial charge in [0.25, 0.3) is 0 Å². The van der Waals surface area contributed by atoms with Gasteiger partial charge in [0.15, 0.2) is 0 Å². The van der Waals surface area contributed by atoms with Crippen molar-refractivity contribution in [3.05, 3.63) is 0 Å². The molecule has 1 saturated heterocycles. The number of nitrogens with zero attached hydrogens (tertiary/aromatic N) is 2. The van der Waals surface area contributed by atoms with Crippen molar-refractivity contribution in [3.63, 3.8) is 0 Å². The third-order valence-electron chi connectivity index (χ3n) is 4.63. The van der Waals surface area contributed by atoms with Crippen LogP contribution in [0, 0.1) is 11.8 Å². The molecule has 0 bridgehead atoms. The van der Waals surface area contributed by atoms with E-state index in [9.17, 15) is 18.3 Å². The molecule has 0 aromatic heterocycles. The molecule has 118 valence electrons. The molecule has 2 rings (SSSR count). The predicted octanol–water partition coefficient (Wildman–Crippen LogP) is 1.96. The summed E-state index contributed by atoms with van der Waals surface area (Å²) in [6.45, 7) is 5.59. The predicted molar refractivity (Wildman–Crippen MR) is 71.4 cm³/mol. The van der Waals surface area contributed by atoms with Crippen molar-refractivity contribution < 1.29 is 18.3 Å². The van der Waals surface area contributed by atoms with E-state index in [0.717, 1.165) is 12.8 Å². The number of alkyl halides is 3. The SMILES string of the molecule is CC1CC(C)C(N2CCN(CC(F)(F)F)CC2)C(O)C1. The highest BCUT2D eigenvalue weighted by molar-refractivity contribution is 4.91. The average molecular weight is 294 g/mol. The van der Waals surface area contributed by atoms with E-state index in [0.29, 0.717) is 38.0 Å². The summed E-state index contributed by atoms with van der Waals surface area (Å²) in [4.78, 5) is 3.65. The van der Waals surface area contributed by atoms with Crippen molar-refractivity contribution in [1.82, 2.24) is 9.80 Å². The molecule has 1 saturated carbocycles. The summed E-state index contributed by atoms with van der Waals surface area (Å²) in [6.07, 6.45) is -2.57. The summed E-state index contributed by atoms with van der Waals surface area (Å²) in [5.74, 6) is 0.936. The maximum absolute atomic E-state index is 12.4. The number of rotatable bonds is 2. The van der Waals surface area contributed by atoms with E-state index < -0.39 is 12.7 Å². The number of aliphatic hydroxyl groups excluding tert-OH is 1. The molecule has 20 heavy (non-hydrogen) atoms. The number of aliphatic hydroxyl groups is 1. The van der Waals surface area contributed by atoms with Gasteiger partial charge in [-0.1, -0.05) is 13.8 Å². The van der Waals surface area contributed by atoms with Gasteiger partial charge in [-0.15, -0.1) is 0 Å². The van der Waals surface area contributed by atoms with E-state index in [4.69, 9.17) is 0 Å². The van der Waals surface area contributed by atoms with E-state index in [1.165, 1.54) is 4.90 Å². The first-order valence-corrected chi connectivity index (χ1v) is 7.47. The van der Waals surface area contributed by atoms with Gasteiger partial charge in [-0.05, 0) is 24.7 Å². The highest BCUT2D eigenvalue weighted by Crippen LogP contribution is 2.33. The van der Waals surface area contributed by atoms with Gasteiger partial charge < -0.3 is 5.11 Å². The van der Waals surface area contributed by atoms with Crippen LogP contribution in [-0.4, -0.2) is 66.0 Å². The zero-order valence-corrected chi connectivity index (χ0v) is 12.2. The minimum Gasteiger partial charge on any atom is -0.391 e. The molecule has 4 atom stereocenters. The van der Waals surface area contributed by atoms with Crippen molar-refractivity contribution in [1.29, 1.82) is 0 Å².